The average Bonchev–Trinajstić information content (AvgIpc) is 2.37. The lowest BCUT2D eigenvalue weighted by molar-refractivity contribution is 0.426. The molecular formula is C16H35NO2S. The molecule has 1 unspecified atom stereocenters. The Kier molecular flexibility index (Phi) is 12.6. The molecule has 122 valence electrons. The molecule has 1 atom stereocenters. The van der Waals surface area contributed by atoms with Crippen molar-refractivity contribution in [2.75, 3.05) is 18.6 Å². The summed E-state index contributed by atoms with van der Waals surface area (Å²) < 4.78 is 22.3. The van der Waals surface area contributed by atoms with Gasteiger partial charge in [0.05, 0.1) is 0 Å². The summed E-state index contributed by atoms with van der Waals surface area (Å²) in [5, 5.41) is 3.56. The van der Waals surface area contributed by atoms with Crippen LogP contribution in [-0.4, -0.2) is 33.0 Å². The van der Waals surface area contributed by atoms with Crippen LogP contribution in [0.2, 0.25) is 0 Å². The molecule has 0 amide bonds. The Balaban J connectivity index is 3.78. The van der Waals surface area contributed by atoms with Crippen LogP contribution in [0.5, 0.6) is 0 Å². The molecule has 20 heavy (non-hydrogen) atoms. The molecule has 0 bridgehead atoms. The van der Waals surface area contributed by atoms with E-state index < -0.39 is 9.84 Å². The predicted octanol–water partition coefficient (Wildman–Crippen LogP) is 3.93. The van der Waals surface area contributed by atoms with E-state index >= 15 is 0 Å². The second-order valence-corrected chi connectivity index (χ2v) is 8.24. The SMILES string of the molecule is CCCCCCCCC(CCCS(C)(=O)=O)NCCC. The van der Waals surface area contributed by atoms with Crippen LogP contribution in [0.15, 0.2) is 0 Å². The summed E-state index contributed by atoms with van der Waals surface area (Å²) in [4.78, 5) is 0. The highest BCUT2D eigenvalue weighted by Gasteiger charge is 2.09. The van der Waals surface area contributed by atoms with Crippen molar-refractivity contribution in [2.45, 2.75) is 84.1 Å². The zero-order valence-electron chi connectivity index (χ0n) is 13.8. The van der Waals surface area contributed by atoms with Gasteiger partial charge in [-0.15, -0.1) is 0 Å². The number of hydrogen-bond donors (Lipinski definition) is 1. The molecule has 0 fully saturated rings. The van der Waals surface area contributed by atoms with Gasteiger partial charge in [0.15, 0.2) is 0 Å². The van der Waals surface area contributed by atoms with Crippen LogP contribution in [0.3, 0.4) is 0 Å². The summed E-state index contributed by atoms with van der Waals surface area (Å²) in [6.07, 6.45) is 13.4. The molecule has 0 heterocycles. The number of hydrogen-bond acceptors (Lipinski definition) is 3. The predicted molar refractivity (Wildman–Crippen MR) is 89.0 cm³/mol. The molecule has 0 radical (unpaired) electrons. The highest BCUT2D eigenvalue weighted by molar-refractivity contribution is 7.90. The van der Waals surface area contributed by atoms with Crippen LogP contribution in [0.1, 0.15) is 78.1 Å². The number of unbranched alkanes of at least 4 members (excludes halogenated alkanes) is 5. The zero-order valence-corrected chi connectivity index (χ0v) is 14.6. The third kappa shape index (κ3) is 14.3. The Labute approximate surface area is 126 Å². The van der Waals surface area contributed by atoms with E-state index in [0.717, 1.165) is 25.8 Å². The van der Waals surface area contributed by atoms with Crippen LogP contribution in [-0.2, 0) is 9.84 Å². The highest BCUT2D eigenvalue weighted by Crippen LogP contribution is 2.12. The number of nitrogens with one attached hydrogen (secondary N) is 1. The van der Waals surface area contributed by atoms with Gasteiger partial charge in [0, 0.05) is 18.1 Å². The van der Waals surface area contributed by atoms with Gasteiger partial charge in [-0.2, -0.15) is 0 Å². The van der Waals surface area contributed by atoms with Gasteiger partial charge in [0.2, 0.25) is 0 Å². The summed E-state index contributed by atoms with van der Waals surface area (Å²) in [5.74, 6) is 0.327. The number of sulfone groups is 1. The van der Waals surface area contributed by atoms with E-state index in [1.165, 1.54) is 51.2 Å². The van der Waals surface area contributed by atoms with Gasteiger partial charge in [0.1, 0.15) is 9.84 Å². The molecule has 0 aromatic carbocycles. The van der Waals surface area contributed by atoms with Crippen LogP contribution in [0, 0.1) is 0 Å². The van der Waals surface area contributed by atoms with Crippen molar-refractivity contribution in [3.63, 3.8) is 0 Å². The van der Waals surface area contributed by atoms with Crippen molar-refractivity contribution in [1.82, 2.24) is 5.32 Å². The molecular weight excluding hydrogens is 270 g/mol. The fraction of sp³-hybridized carbons (Fsp3) is 1.00. The summed E-state index contributed by atoms with van der Waals surface area (Å²) in [5.41, 5.74) is 0. The Hall–Kier alpha value is -0.0900. The molecule has 3 nitrogen and oxygen atoms in total. The standard InChI is InChI=1S/C16H35NO2S/c1-4-6-7-8-9-10-12-16(17-14-5-2)13-11-15-20(3,18)19/h16-17H,4-15H2,1-3H3. The lowest BCUT2D eigenvalue weighted by Crippen LogP contribution is -2.30. The molecule has 4 heteroatoms. The largest absolute Gasteiger partial charge is 0.314 e. The lowest BCUT2D eigenvalue weighted by atomic mass is 10.0. The van der Waals surface area contributed by atoms with E-state index in [0.29, 0.717) is 11.8 Å². The third-order valence-corrected chi connectivity index (χ3v) is 4.69. The Morgan fingerprint density at radius 3 is 2.05 bits per heavy atom. The zero-order chi connectivity index (χ0) is 15.3. The van der Waals surface area contributed by atoms with Gasteiger partial charge in [0.25, 0.3) is 0 Å². The van der Waals surface area contributed by atoms with E-state index in [4.69, 9.17) is 0 Å². The van der Waals surface area contributed by atoms with Gasteiger partial charge in [-0.3, -0.25) is 0 Å². The van der Waals surface area contributed by atoms with Crippen LogP contribution < -0.4 is 5.32 Å². The first-order chi connectivity index (χ1) is 9.49. The smallest absolute Gasteiger partial charge is 0.147 e. The van der Waals surface area contributed by atoms with Gasteiger partial charge in [-0.05, 0) is 32.2 Å². The molecule has 0 saturated heterocycles. The van der Waals surface area contributed by atoms with Crippen molar-refractivity contribution in [1.29, 1.82) is 0 Å². The first kappa shape index (κ1) is 19.9. The maximum atomic E-state index is 11.2. The molecule has 0 aliphatic heterocycles. The molecule has 0 saturated carbocycles. The van der Waals surface area contributed by atoms with Crippen molar-refractivity contribution in [2.24, 2.45) is 0 Å². The van der Waals surface area contributed by atoms with Crippen molar-refractivity contribution in [3.05, 3.63) is 0 Å². The van der Waals surface area contributed by atoms with Crippen LogP contribution in [0.4, 0.5) is 0 Å². The van der Waals surface area contributed by atoms with Gasteiger partial charge in [-0.25, -0.2) is 8.42 Å². The lowest BCUT2D eigenvalue weighted by Gasteiger charge is -2.18. The summed E-state index contributed by atoms with van der Waals surface area (Å²) >= 11 is 0. The fourth-order valence-corrected chi connectivity index (χ4v) is 3.15. The van der Waals surface area contributed by atoms with E-state index in [1.54, 1.807) is 0 Å². The van der Waals surface area contributed by atoms with E-state index in [9.17, 15) is 8.42 Å². The molecule has 0 rings (SSSR count). The maximum absolute atomic E-state index is 11.2. The first-order valence-corrected chi connectivity index (χ1v) is 10.5. The van der Waals surface area contributed by atoms with Gasteiger partial charge >= 0.3 is 0 Å². The van der Waals surface area contributed by atoms with E-state index in [-0.39, 0.29) is 0 Å². The second-order valence-electron chi connectivity index (χ2n) is 5.98. The molecule has 1 N–H and O–H groups in total. The highest BCUT2D eigenvalue weighted by atomic mass is 32.2. The average molecular weight is 306 g/mol. The Bertz CT molecular complexity index is 302. The second kappa shape index (κ2) is 12.6. The van der Waals surface area contributed by atoms with E-state index in [1.807, 2.05) is 0 Å². The normalized spacial score (nSPS) is 13.6. The molecule has 0 aromatic heterocycles. The van der Waals surface area contributed by atoms with Crippen LogP contribution >= 0.6 is 0 Å². The Morgan fingerprint density at radius 1 is 0.850 bits per heavy atom. The maximum Gasteiger partial charge on any atom is 0.147 e. The molecule has 0 spiro atoms. The fourth-order valence-electron chi connectivity index (χ4n) is 2.46. The molecule has 0 aliphatic rings. The van der Waals surface area contributed by atoms with Crippen molar-refractivity contribution >= 4 is 9.84 Å². The first-order valence-electron chi connectivity index (χ1n) is 8.40. The monoisotopic (exact) mass is 305 g/mol. The molecule has 0 aliphatic carbocycles. The summed E-state index contributed by atoms with van der Waals surface area (Å²) in [7, 11) is -2.80. The number of rotatable bonds is 14. The minimum absolute atomic E-state index is 0.327. The summed E-state index contributed by atoms with van der Waals surface area (Å²) in [6, 6.07) is 0.503. The van der Waals surface area contributed by atoms with Crippen molar-refractivity contribution in [3.8, 4) is 0 Å². The topological polar surface area (TPSA) is 46.2 Å². The third-order valence-electron chi connectivity index (χ3n) is 3.66. The van der Waals surface area contributed by atoms with E-state index in [2.05, 4.69) is 19.2 Å². The molecule has 0 aromatic rings. The van der Waals surface area contributed by atoms with Gasteiger partial charge in [-0.1, -0.05) is 52.4 Å². The minimum Gasteiger partial charge on any atom is -0.314 e. The van der Waals surface area contributed by atoms with Crippen molar-refractivity contribution < 1.29 is 8.42 Å². The minimum atomic E-state index is -2.80. The summed E-state index contributed by atoms with van der Waals surface area (Å²) in [6.45, 7) is 5.46. The van der Waals surface area contributed by atoms with Crippen LogP contribution in [0.25, 0.3) is 0 Å². The Morgan fingerprint density at radius 2 is 1.45 bits per heavy atom. The van der Waals surface area contributed by atoms with Gasteiger partial charge < -0.3 is 5.32 Å². The quantitative estimate of drug-likeness (QED) is 0.495.